The normalized spacial score (nSPS) is 12.5. The molecule has 0 spiro atoms. The summed E-state index contributed by atoms with van der Waals surface area (Å²) >= 11 is 5.71. The van der Waals surface area contributed by atoms with Crippen molar-refractivity contribution in [3.63, 3.8) is 0 Å². The molecule has 0 unspecified atom stereocenters. The fourth-order valence-electron chi connectivity index (χ4n) is 0.987. The maximum atomic E-state index is 5.71. The quantitative estimate of drug-likeness (QED) is 0.531. The molecule has 0 saturated heterocycles. The van der Waals surface area contributed by atoms with Gasteiger partial charge in [0.1, 0.15) is 11.5 Å². The average Bonchev–Trinajstić information content (AvgIpc) is 2.05. The number of hydrogen-bond donors (Lipinski definition) is 0. The van der Waals surface area contributed by atoms with Crippen LogP contribution in [0.3, 0.4) is 0 Å². The Kier molecular flexibility index (Phi) is 3.23. The lowest BCUT2D eigenvalue weighted by Crippen LogP contribution is -1.96. The van der Waals surface area contributed by atoms with E-state index in [4.69, 9.17) is 11.6 Å². The highest BCUT2D eigenvalue weighted by atomic mass is 35.5. The first-order chi connectivity index (χ1) is 5.74. The van der Waals surface area contributed by atoms with Gasteiger partial charge in [0, 0.05) is 11.6 Å². The highest BCUT2D eigenvalue weighted by Gasteiger charge is 2.04. The SMILES string of the molecule is C=CC[C@H](C)c1cc(Cl)ncn1. The lowest BCUT2D eigenvalue weighted by atomic mass is 10.0. The zero-order valence-corrected chi connectivity index (χ0v) is 7.75. The van der Waals surface area contributed by atoms with E-state index in [0.717, 1.165) is 12.1 Å². The number of hydrogen-bond acceptors (Lipinski definition) is 2. The third-order valence-electron chi connectivity index (χ3n) is 1.68. The van der Waals surface area contributed by atoms with Crippen LogP contribution in [0, 0.1) is 0 Å². The van der Waals surface area contributed by atoms with Crippen molar-refractivity contribution in [1.82, 2.24) is 9.97 Å². The van der Waals surface area contributed by atoms with Gasteiger partial charge in [0.25, 0.3) is 0 Å². The molecule has 64 valence electrons. The molecule has 0 radical (unpaired) electrons. The van der Waals surface area contributed by atoms with Crippen LogP contribution >= 0.6 is 11.6 Å². The summed E-state index contributed by atoms with van der Waals surface area (Å²) in [6, 6.07) is 1.79. The number of aromatic nitrogens is 2. The maximum absolute atomic E-state index is 5.71. The smallest absolute Gasteiger partial charge is 0.132 e. The van der Waals surface area contributed by atoms with Crippen molar-refractivity contribution < 1.29 is 0 Å². The lowest BCUT2D eigenvalue weighted by Gasteiger charge is -2.06. The number of halogens is 1. The molecule has 1 aromatic heterocycles. The molecular weight excluding hydrogens is 172 g/mol. The Balaban J connectivity index is 2.80. The van der Waals surface area contributed by atoms with Crippen LogP contribution in [0.5, 0.6) is 0 Å². The van der Waals surface area contributed by atoms with Crippen molar-refractivity contribution in [3.05, 3.63) is 35.9 Å². The summed E-state index contributed by atoms with van der Waals surface area (Å²) in [5.41, 5.74) is 0.968. The van der Waals surface area contributed by atoms with Crippen LogP contribution < -0.4 is 0 Å². The van der Waals surface area contributed by atoms with Gasteiger partial charge in [-0.2, -0.15) is 0 Å². The predicted octanol–water partition coefficient (Wildman–Crippen LogP) is 2.81. The second-order valence-electron chi connectivity index (χ2n) is 2.69. The largest absolute Gasteiger partial charge is 0.241 e. The molecule has 0 fully saturated rings. The standard InChI is InChI=1S/C9H11ClN2/c1-3-4-7(2)8-5-9(10)12-6-11-8/h3,5-7H,1,4H2,2H3/t7-/m0/s1. The molecule has 12 heavy (non-hydrogen) atoms. The maximum Gasteiger partial charge on any atom is 0.132 e. The Labute approximate surface area is 77.3 Å². The molecule has 2 nitrogen and oxygen atoms in total. The van der Waals surface area contributed by atoms with E-state index in [1.807, 2.05) is 6.08 Å². The van der Waals surface area contributed by atoms with Gasteiger partial charge in [-0.15, -0.1) is 6.58 Å². The molecule has 1 aromatic rings. The summed E-state index contributed by atoms with van der Waals surface area (Å²) in [6.45, 7) is 5.76. The number of allylic oxidation sites excluding steroid dienone is 1. The first-order valence-corrected chi connectivity index (χ1v) is 4.20. The summed E-state index contributed by atoms with van der Waals surface area (Å²) in [7, 11) is 0. The summed E-state index contributed by atoms with van der Waals surface area (Å²) in [5.74, 6) is 0.364. The summed E-state index contributed by atoms with van der Waals surface area (Å²) in [5, 5.41) is 0.496. The van der Waals surface area contributed by atoms with Crippen LogP contribution in [0.15, 0.2) is 25.0 Å². The predicted molar refractivity (Wildman–Crippen MR) is 50.3 cm³/mol. The molecule has 0 aromatic carbocycles. The molecule has 0 saturated carbocycles. The zero-order chi connectivity index (χ0) is 8.97. The molecule has 1 atom stereocenters. The Morgan fingerprint density at radius 3 is 3.00 bits per heavy atom. The van der Waals surface area contributed by atoms with E-state index in [2.05, 4.69) is 23.5 Å². The lowest BCUT2D eigenvalue weighted by molar-refractivity contribution is 0.745. The Morgan fingerprint density at radius 1 is 1.67 bits per heavy atom. The van der Waals surface area contributed by atoms with Gasteiger partial charge in [0.05, 0.1) is 0 Å². The Hall–Kier alpha value is -0.890. The van der Waals surface area contributed by atoms with Crippen LogP contribution in [0.2, 0.25) is 5.15 Å². The van der Waals surface area contributed by atoms with Crippen molar-refractivity contribution in [2.75, 3.05) is 0 Å². The fourth-order valence-corrected chi connectivity index (χ4v) is 1.14. The van der Waals surface area contributed by atoms with Crippen molar-refractivity contribution >= 4 is 11.6 Å². The molecule has 0 amide bonds. The second kappa shape index (κ2) is 4.21. The number of nitrogens with zero attached hydrogens (tertiary/aromatic N) is 2. The van der Waals surface area contributed by atoms with Crippen molar-refractivity contribution in [2.45, 2.75) is 19.3 Å². The van der Waals surface area contributed by atoms with Crippen LogP contribution in [0.25, 0.3) is 0 Å². The minimum Gasteiger partial charge on any atom is -0.241 e. The molecule has 0 bridgehead atoms. The van der Waals surface area contributed by atoms with E-state index in [1.165, 1.54) is 6.33 Å². The Morgan fingerprint density at radius 2 is 2.42 bits per heavy atom. The van der Waals surface area contributed by atoms with Crippen LogP contribution in [0.4, 0.5) is 0 Å². The topological polar surface area (TPSA) is 25.8 Å². The average molecular weight is 183 g/mol. The molecule has 1 rings (SSSR count). The molecule has 0 aliphatic carbocycles. The first kappa shape index (κ1) is 9.20. The molecule has 1 heterocycles. The summed E-state index contributed by atoms with van der Waals surface area (Å²) in [6.07, 6.45) is 4.27. The summed E-state index contributed by atoms with van der Waals surface area (Å²) in [4.78, 5) is 7.93. The van der Waals surface area contributed by atoms with Gasteiger partial charge in [0.15, 0.2) is 0 Å². The van der Waals surface area contributed by atoms with Crippen molar-refractivity contribution in [1.29, 1.82) is 0 Å². The van der Waals surface area contributed by atoms with Gasteiger partial charge in [-0.1, -0.05) is 24.6 Å². The molecule has 0 aliphatic rings. The van der Waals surface area contributed by atoms with Gasteiger partial charge in [0.2, 0.25) is 0 Å². The van der Waals surface area contributed by atoms with Gasteiger partial charge in [-0.3, -0.25) is 0 Å². The van der Waals surface area contributed by atoms with Crippen molar-refractivity contribution in [3.8, 4) is 0 Å². The van der Waals surface area contributed by atoms with Crippen LogP contribution in [0.1, 0.15) is 25.0 Å². The van der Waals surface area contributed by atoms with E-state index < -0.39 is 0 Å². The highest BCUT2D eigenvalue weighted by Crippen LogP contribution is 2.18. The molecule has 0 N–H and O–H groups in total. The summed E-state index contributed by atoms with van der Waals surface area (Å²) < 4.78 is 0. The van der Waals surface area contributed by atoms with Crippen LogP contribution in [-0.4, -0.2) is 9.97 Å². The van der Waals surface area contributed by atoms with E-state index in [9.17, 15) is 0 Å². The van der Waals surface area contributed by atoms with Gasteiger partial charge in [-0.25, -0.2) is 9.97 Å². The monoisotopic (exact) mass is 182 g/mol. The van der Waals surface area contributed by atoms with Gasteiger partial charge in [-0.05, 0) is 12.5 Å². The second-order valence-corrected chi connectivity index (χ2v) is 3.08. The van der Waals surface area contributed by atoms with Crippen LogP contribution in [-0.2, 0) is 0 Å². The van der Waals surface area contributed by atoms with Gasteiger partial charge >= 0.3 is 0 Å². The molecule has 0 aliphatic heterocycles. The third kappa shape index (κ3) is 2.31. The van der Waals surface area contributed by atoms with Crippen molar-refractivity contribution in [2.24, 2.45) is 0 Å². The third-order valence-corrected chi connectivity index (χ3v) is 1.89. The molecular formula is C9H11ClN2. The fraction of sp³-hybridized carbons (Fsp3) is 0.333. The number of rotatable bonds is 3. The Bertz CT molecular complexity index is 273. The van der Waals surface area contributed by atoms with E-state index in [1.54, 1.807) is 6.07 Å². The zero-order valence-electron chi connectivity index (χ0n) is 7.00. The highest BCUT2D eigenvalue weighted by molar-refractivity contribution is 6.29. The molecule has 3 heteroatoms. The van der Waals surface area contributed by atoms with Gasteiger partial charge < -0.3 is 0 Å². The minimum atomic E-state index is 0.364. The van der Waals surface area contributed by atoms with E-state index in [-0.39, 0.29) is 0 Å². The van der Waals surface area contributed by atoms with E-state index in [0.29, 0.717) is 11.1 Å². The van der Waals surface area contributed by atoms with E-state index >= 15 is 0 Å². The first-order valence-electron chi connectivity index (χ1n) is 3.82. The minimum absolute atomic E-state index is 0.364.